The van der Waals surface area contributed by atoms with Crippen LogP contribution in [0.3, 0.4) is 0 Å². The van der Waals surface area contributed by atoms with Crippen LogP contribution in [0.1, 0.15) is 134 Å². The average molecular weight is 955 g/mol. The van der Waals surface area contributed by atoms with Crippen molar-refractivity contribution in [1.82, 2.24) is 36.1 Å². The molecule has 6 amide bonds. The zero-order valence-corrected chi connectivity index (χ0v) is 41.7. The molecule has 1 aliphatic heterocycles. The van der Waals surface area contributed by atoms with E-state index in [1.54, 1.807) is 55.3 Å². The van der Waals surface area contributed by atoms with E-state index in [0.717, 1.165) is 42.7 Å². The normalized spacial score (nSPS) is 17.2. The van der Waals surface area contributed by atoms with E-state index in [1.807, 2.05) is 46.6 Å². The van der Waals surface area contributed by atoms with Crippen LogP contribution in [-0.2, 0) is 44.7 Å². The van der Waals surface area contributed by atoms with E-state index in [2.05, 4.69) is 31.6 Å². The van der Waals surface area contributed by atoms with Crippen LogP contribution in [0.25, 0.3) is 0 Å². The number of benzene rings is 1. The highest BCUT2D eigenvalue weighted by atomic mass is 32.1. The van der Waals surface area contributed by atoms with Gasteiger partial charge in [-0.2, -0.15) is 0 Å². The maximum atomic E-state index is 14.7. The topological polar surface area (TPSA) is 246 Å². The molecule has 1 aromatic carbocycles. The maximum absolute atomic E-state index is 14.7. The molecular formula is C48H74N8O10S. The van der Waals surface area contributed by atoms with E-state index in [1.165, 1.54) is 6.92 Å². The molecule has 19 heteroatoms. The van der Waals surface area contributed by atoms with Gasteiger partial charge in [-0.3, -0.25) is 43.3 Å². The number of hydrogen-bond donors (Lipinski definition) is 6. The second-order valence-corrected chi connectivity index (χ2v) is 19.3. The van der Waals surface area contributed by atoms with Crippen LogP contribution in [-0.4, -0.2) is 125 Å². The summed E-state index contributed by atoms with van der Waals surface area (Å²) in [6.45, 7) is 17.2. The Balaban J connectivity index is 1.80. The zero-order valence-electron chi connectivity index (χ0n) is 40.9. The van der Waals surface area contributed by atoms with Crippen molar-refractivity contribution < 1.29 is 48.2 Å². The molecule has 0 aliphatic carbocycles. The van der Waals surface area contributed by atoms with Gasteiger partial charge in [0.2, 0.25) is 30.0 Å². The number of nitrogens with zero attached hydrogens (tertiary/aromatic N) is 3. The lowest BCUT2D eigenvalue weighted by atomic mass is 9.92. The van der Waals surface area contributed by atoms with Gasteiger partial charge in [0.15, 0.2) is 6.10 Å². The minimum absolute atomic E-state index is 0.0479. The molecule has 67 heavy (non-hydrogen) atoms. The highest BCUT2D eigenvalue weighted by Crippen LogP contribution is 2.32. The Bertz CT molecular complexity index is 1980. The molecule has 0 bridgehead atoms. The van der Waals surface area contributed by atoms with Gasteiger partial charge in [0.05, 0.1) is 18.5 Å². The smallest absolute Gasteiger partial charge is 0.306 e. The van der Waals surface area contributed by atoms with Gasteiger partial charge in [-0.1, -0.05) is 80.4 Å². The van der Waals surface area contributed by atoms with Crippen molar-refractivity contribution in [2.45, 2.75) is 150 Å². The Morgan fingerprint density at radius 1 is 0.955 bits per heavy atom. The Kier molecular flexibility index (Phi) is 22.9. The van der Waals surface area contributed by atoms with Crippen molar-refractivity contribution in [2.75, 3.05) is 32.0 Å². The fraction of sp³-hybridized carbons (Fsp3) is 0.646. The monoisotopic (exact) mass is 955 g/mol. The van der Waals surface area contributed by atoms with Crippen LogP contribution in [0.15, 0.2) is 29.6 Å². The second-order valence-electron chi connectivity index (χ2n) is 18.4. The lowest BCUT2D eigenvalue weighted by Crippen LogP contribution is -2.58. The average Bonchev–Trinajstić information content (AvgIpc) is 3.78. The van der Waals surface area contributed by atoms with Gasteiger partial charge in [0, 0.05) is 43.0 Å². The lowest BCUT2D eigenvalue weighted by Gasteiger charge is -2.40. The van der Waals surface area contributed by atoms with Crippen LogP contribution in [0, 0.1) is 23.7 Å². The fourth-order valence-corrected chi connectivity index (χ4v) is 9.07. The largest absolute Gasteiger partial charge is 0.481 e. The third kappa shape index (κ3) is 17.3. The number of hydrogen-bond acceptors (Lipinski definition) is 12. The van der Waals surface area contributed by atoms with Crippen molar-refractivity contribution in [3.05, 3.63) is 45.9 Å². The SMILES string of the molecule is CCCN(C(=O)[C@@H](NC(=O)[C@H]1CCCCN1C)[C@@H](C)CC)[C@H](C[C@@H](OC(C)=O)c1nc(C(=O)N[C@@H](Cc2ccc(NC(=O)CNC(=O)[C@@H](NC=O)C(C)C)cc2)C[C@H](C)C(=O)O)cs1)C(C)C. The third-order valence-corrected chi connectivity index (χ3v) is 13.2. The molecule has 0 saturated carbocycles. The van der Waals surface area contributed by atoms with Crippen LogP contribution < -0.4 is 26.6 Å². The Morgan fingerprint density at radius 2 is 1.64 bits per heavy atom. The summed E-state index contributed by atoms with van der Waals surface area (Å²) >= 11 is 1.14. The molecule has 372 valence electrons. The van der Waals surface area contributed by atoms with E-state index in [0.29, 0.717) is 36.5 Å². The van der Waals surface area contributed by atoms with Gasteiger partial charge in [-0.05, 0) is 81.1 Å². The van der Waals surface area contributed by atoms with Gasteiger partial charge < -0.3 is 41.3 Å². The van der Waals surface area contributed by atoms with Crippen LogP contribution in [0.5, 0.6) is 0 Å². The molecule has 6 N–H and O–H groups in total. The molecule has 1 aromatic heterocycles. The molecule has 0 spiro atoms. The Morgan fingerprint density at radius 3 is 2.21 bits per heavy atom. The standard InChI is InChI=1S/C48H74N8O10S/c1-11-20-56(47(63)42(30(7)12-2)54-44(61)37-15-13-14-21-55(37)10)38(28(3)4)24-39(66-32(9)58)46-53-36(26-67-46)43(60)52-35(22-31(8)48(64)65)23-33-16-18-34(19-17-33)51-40(59)25-49-45(62)41(29(5)6)50-27-57/h16-19,26-31,35,37-39,41-42H,11-15,20-25H2,1-10H3,(H,49,62)(H,50,57)(H,51,59)(H,52,60)(H,54,61)(H,64,65)/t30-,31-,35+,37+,38+,39+,41-,42-/m0/s1. The lowest BCUT2D eigenvalue weighted by molar-refractivity contribution is -0.150. The number of nitrogens with one attached hydrogen (secondary N) is 5. The van der Waals surface area contributed by atoms with Gasteiger partial charge in [-0.15, -0.1) is 11.3 Å². The van der Waals surface area contributed by atoms with Crippen LogP contribution >= 0.6 is 11.3 Å². The number of carbonyl (C=O) groups is 8. The van der Waals surface area contributed by atoms with E-state index in [-0.39, 0.29) is 67.1 Å². The second kappa shape index (κ2) is 27.4. The maximum Gasteiger partial charge on any atom is 0.306 e. The fourth-order valence-electron chi connectivity index (χ4n) is 8.23. The summed E-state index contributed by atoms with van der Waals surface area (Å²) in [7, 11) is 1.93. The van der Waals surface area contributed by atoms with E-state index in [4.69, 9.17) is 4.74 Å². The molecule has 8 atom stereocenters. The van der Waals surface area contributed by atoms with Gasteiger partial charge in [0.1, 0.15) is 22.8 Å². The number of aliphatic carboxylic acids is 1. The van der Waals surface area contributed by atoms with Crippen molar-refractivity contribution in [3.8, 4) is 0 Å². The number of rotatable bonds is 27. The number of carboxylic acid groups (broad SMARTS) is 1. The molecule has 2 aromatic rings. The van der Waals surface area contributed by atoms with Crippen molar-refractivity contribution in [2.24, 2.45) is 23.7 Å². The summed E-state index contributed by atoms with van der Waals surface area (Å²) in [6, 6.07) is 3.83. The molecule has 1 fully saturated rings. The number of piperidine rings is 1. The number of ether oxygens (including phenoxy) is 1. The van der Waals surface area contributed by atoms with Gasteiger partial charge in [-0.25, -0.2) is 4.98 Å². The number of anilines is 1. The van der Waals surface area contributed by atoms with Crippen molar-refractivity contribution in [1.29, 1.82) is 0 Å². The summed E-state index contributed by atoms with van der Waals surface area (Å²) in [5.74, 6) is -4.73. The van der Waals surface area contributed by atoms with Gasteiger partial charge in [0.25, 0.3) is 5.91 Å². The molecule has 2 heterocycles. The number of aromatic nitrogens is 1. The molecule has 1 saturated heterocycles. The summed E-state index contributed by atoms with van der Waals surface area (Å²) in [5.41, 5.74) is 1.23. The number of amides is 6. The third-order valence-electron chi connectivity index (χ3n) is 12.3. The number of thiazole rings is 1. The quantitative estimate of drug-likeness (QED) is 0.0528. The number of carbonyl (C=O) groups excluding carboxylic acids is 7. The number of esters is 1. The number of likely N-dealkylation sites (tertiary alicyclic amines) is 1. The number of likely N-dealkylation sites (N-methyl/N-ethyl adjacent to an activating group) is 1. The molecule has 0 radical (unpaired) electrons. The first-order chi connectivity index (χ1) is 31.7. The first-order valence-corrected chi connectivity index (χ1v) is 24.4. The van der Waals surface area contributed by atoms with Crippen molar-refractivity contribution >= 4 is 64.9 Å². The molecule has 1 aliphatic rings. The Hall–Kier alpha value is -5.43. The molecule has 0 unspecified atom stereocenters. The number of carboxylic acids is 1. The zero-order chi connectivity index (χ0) is 50.0. The van der Waals surface area contributed by atoms with Crippen LogP contribution in [0.4, 0.5) is 5.69 Å². The minimum atomic E-state index is -1.03. The predicted octanol–water partition coefficient (Wildman–Crippen LogP) is 4.69. The van der Waals surface area contributed by atoms with E-state index < -0.39 is 65.8 Å². The highest BCUT2D eigenvalue weighted by Gasteiger charge is 2.39. The molecule has 18 nitrogen and oxygen atoms in total. The first-order valence-electron chi connectivity index (χ1n) is 23.5. The summed E-state index contributed by atoms with van der Waals surface area (Å²) < 4.78 is 5.87. The summed E-state index contributed by atoms with van der Waals surface area (Å²) in [5, 5.41) is 25.4. The minimum Gasteiger partial charge on any atom is -0.481 e. The van der Waals surface area contributed by atoms with E-state index >= 15 is 0 Å². The highest BCUT2D eigenvalue weighted by molar-refractivity contribution is 7.09. The van der Waals surface area contributed by atoms with Crippen LogP contribution in [0.2, 0.25) is 0 Å². The molecular weight excluding hydrogens is 881 g/mol. The Labute approximate surface area is 399 Å². The summed E-state index contributed by atoms with van der Waals surface area (Å²) in [6.07, 6.45) is 4.04. The van der Waals surface area contributed by atoms with E-state index in [9.17, 15) is 43.5 Å². The van der Waals surface area contributed by atoms with Gasteiger partial charge >= 0.3 is 11.9 Å². The molecule has 3 rings (SSSR count). The van der Waals surface area contributed by atoms with Crippen molar-refractivity contribution in [3.63, 3.8) is 0 Å². The summed E-state index contributed by atoms with van der Waals surface area (Å²) in [4.78, 5) is 111. The predicted molar refractivity (Wildman–Crippen MR) is 256 cm³/mol. The first kappa shape index (κ1) is 55.9.